The van der Waals surface area contributed by atoms with Crippen molar-refractivity contribution in [2.24, 2.45) is 0 Å². The molecule has 50 valence electrons. The van der Waals surface area contributed by atoms with Crippen molar-refractivity contribution in [3.8, 4) is 0 Å². The maximum atomic E-state index is 3.50. The molecule has 1 aromatic rings. The number of rotatable bonds is 0. The first kappa shape index (κ1) is 8.06. The molecule has 0 nitrogen and oxygen atoms in total. The van der Waals surface area contributed by atoms with Gasteiger partial charge in [-0.2, -0.15) is 0 Å². The number of aryl methyl sites for hydroxylation is 1. The van der Waals surface area contributed by atoms with Gasteiger partial charge in [0, 0.05) is 0 Å². The molecule has 0 bridgehead atoms. The molecule has 0 radical (unpaired) electrons. The predicted molar refractivity (Wildman–Crippen MR) is 48.3 cm³/mol. The molecule has 3 heteroatoms. The second-order valence-corrected chi connectivity index (χ2v) is 7.21. The average molecular weight is 317 g/mol. The van der Waals surface area contributed by atoms with Gasteiger partial charge in [0.1, 0.15) is 0 Å². The van der Waals surface area contributed by atoms with E-state index in [1.165, 1.54) is 17.8 Å². The summed E-state index contributed by atoms with van der Waals surface area (Å²) in [5.41, 5.74) is 1.40. The fraction of sp³-hybridized carbons (Fsp3) is 0.333. The first-order valence-electron chi connectivity index (χ1n) is 2.54. The van der Waals surface area contributed by atoms with E-state index in [0.29, 0.717) is 14.5 Å². The van der Waals surface area contributed by atoms with E-state index in [0.717, 1.165) is 0 Å². The van der Waals surface area contributed by atoms with Crippen LogP contribution in [0.5, 0.6) is 0 Å². The van der Waals surface area contributed by atoms with Crippen LogP contribution in [0.1, 0.15) is 10.0 Å². The van der Waals surface area contributed by atoms with Crippen LogP contribution in [0.4, 0.5) is 0 Å². The quantitative estimate of drug-likeness (QED) is 0.646. The van der Waals surface area contributed by atoms with Crippen LogP contribution in [-0.4, -0.2) is 14.5 Å². The Kier molecular flexibility index (Phi) is 2.61. The minimum atomic E-state index is 0.558. The van der Waals surface area contributed by atoms with Gasteiger partial charge in [-0.1, -0.05) is 0 Å². The molecule has 0 saturated carbocycles. The van der Waals surface area contributed by atoms with Crippen LogP contribution in [0, 0.1) is 13.8 Å². The van der Waals surface area contributed by atoms with Crippen LogP contribution >= 0.6 is 31.9 Å². The van der Waals surface area contributed by atoms with E-state index in [4.69, 9.17) is 0 Å². The molecule has 1 rings (SSSR count). The molecule has 0 N–H and O–H groups in total. The van der Waals surface area contributed by atoms with Crippen molar-refractivity contribution in [3.05, 3.63) is 17.8 Å². The number of hydrogen-bond donors (Lipinski definition) is 0. The van der Waals surface area contributed by atoms with E-state index < -0.39 is 0 Å². The van der Waals surface area contributed by atoms with Gasteiger partial charge in [-0.05, 0) is 0 Å². The molecule has 1 aromatic heterocycles. The Labute approximate surface area is 77.7 Å². The Hall–Kier alpha value is 0.959. The van der Waals surface area contributed by atoms with E-state index in [9.17, 15) is 0 Å². The van der Waals surface area contributed by atoms with E-state index in [1.54, 1.807) is 0 Å². The first-order chi connectivity index (χ1) is 4.13. The molecule has 0 spiro atoms. The van der Waals surface area contributed by atoms with E-state index in [2.05, 4.69) is 45.7 Å². The number of halogens is 2. The topological polar surface area (TPSA) is 0 Å². The second-order valence-electron chi connectivity index (χ2n) is 1.87. The van der Waals surface area contributed by atoms with Crippen molar-refractivity contribution in [2.75, 3.05) is 0 Å². The van der Waals surface area contributed by atoms with Crippen LogP contribution in [0.25, 0.3) is 0 Å². The molecule has 0 amide bonds. The van der Waals surface area contributed by atoms with E-state index in [1.807, 2.05) is 0 Å². The minimum absolute atomic E-state index is 0.558. The van der Waals surface area contributed by atoms with Gasteiger partial charge < -0.3 is 0 Å². The Bertz CT molecular complexity index is 205. The average Bonchev–Trinajstić information content (AvgIpc) is 1.98. The molecular weight excluding hydrogens is 311 g/mol. The molecule has 0 aliphatic rings. The molecule has 0 unspecified atom stereocenters. The summed E-state index contributed by atoms with van der Waals surface area (Å²) >= 11 is 7.56. The monoisotopic (exact) mass is 316 g/mol. The van der Waals surface area contributed by atoms with E-state index >= 15 is 0 Å². The van der Waals surface area contributed by atoms with Gasteiger partial charge in [-0.3, -0.25) is 0 Å². The van der Waals surface area contributed by atoms with Gasteiger partial charge in [0.25, 0.3) is 0 Å². The third-order valence-corrected chi connectivity index (χ3v) is 6.71. The molecule has 0 saturated heterocycles. The molecule has 9 heavy (non-hydrogen) atoms. The maximum absolute atomic E-state index is 3.50. The summed E-state index contributed by atoms with van der Waals surface area (Å²) < 4.78 is 4.12. The van der Waals surface area contributed by atoms with Crippen molar-refractivity contribution >= 4 is 46.4 Å². The molecule has 0 atom stereocenters. The zero-order chi connectivity index (χ0) is 7.02. The molecule has 0 aliphatic heterocycles. The summed E-state index contributed by atoms with van der Waals surface area (Å²) in [6, 6.07) is 0. The van der Waals surface area contributed by atoms with Crippen molar-refractivity contribution in [2.45, 2.75) is 13.8 Å². The third kappa shape index (κ3) is 1.51. The van der Waals surface area contributed by atoms with Crippen molar-refractivity contribution in [1.82, 2.24) is 0 Å². The van der Waals surface area contributed by atoms with Gasteiger partial charge in [0.15, 0.2) is 0 Å². The standard InChI is InChI=1S/C6H6Br2Se/c1-3-4(2)9-6(8)5(3)7/h1-2H3. The van der Waals surface area contributed by atoms with Crippen LogP contribution in [0.15, 0.2) is 7.82 Å². The fourth-order valence-corrected chi connectivity index (χ4v) is 4.74. The molecule has 0 aliphatic carbocycles. The van der Waals surface area contributed by atoms with Crippen molar-refractivity contribution in [1.29, 1.82) is 0 Å². The van der Waals surface area contributed by atoms with Crippen LogP contribution in [0.3, 0.4) is 0 Å². The summed E-state index contributed by atoms with van der Waals surface area (Å²) in [4.78, 5) is 0. The molecule has 0 fully saturated rings. The van der Waals surface area contributed by atoms with Gasteiger partial charge in [0.05, 0.1) is 0 Å². The summed E-state index contributed by atoms with van der Waals surface area (Å²) in [5.74, 6) is 0. The van der Waals surface area contributed by atoms with Gasteiger partial charge >= 0.3 is 78.0 Å². The third-order valence-electron chi connectivity index (χ3n) is 1.27. The van der Waals surface area contributed by atoms with Gasteiger partial charge in [-0.25, -0.2) is 0 Å². The Morgan fingerprint density at radius 2 is 1.78 bits per heavy atom. The molecular formula is C6H6Br2Se. The summed E-state index contributed by atoms with van der Waals surface area (Å²) in [7, 11) is 0. The second kappa shape index (κ2) is 2.91. The predicted octanol–water partition coefficient (Wildman–Crippen LogP) is 2.89. The number of hydrogen-bond acceptors (Lipinski definition) is 0. The van der Waals surface area contributed by atoms with Crippen molar-refractivity contribution < 1.29 is 0 Å². The van der Waals surface area contributed by atoms with Gasteiger partial charge in [0.2, 0.25) is 0 Å². The Balaban J connectivity index is 3.29. The van der Waals surface area contributed by atoms with Crippen LogP contribution in [-0.2, 0) is 0 Å². The Morgan fingerprint density at radius 1 is 1.22 bits per heavy atom. The van der Waals surface area contributed by atoms with Crippen LogP contribution < -0.4 is 0 Å². The first-order valence-corrected chi connectivity index (χ1v) is 5.84. The fourth-order valence-electron chi connectivity index (χ4n) is 0.558. The zero-order valence-corrected chi connectivity index (χ0v) is 10.0. The molecule has 1 heterocycles. The zero-order valence-electron chi connectivity index (χ0n) is 5.16. The Morgan fingerprint density at radius 3 is 1.89 bits per heavy atom. The summed E-state index contributed by atoms with van der Waals surface area (Å²) in [6.45, 7) is 4.33. The van der Waals surface area contributed by atoms with E-state index in [-0.39, 0.29) is 0 Å². The summed E-state index contributed by atoms with van der Waals surface area (Å²) in [6.07, 6.45) is 0. The SMILES string of the molecule is Cc1[se]c(Br)c(Br)c1C. The normalized spacial score (nSPS) is 10.2. The summed E-state index contributed by atoms with van der Waals surface area (Å²) in [5, 5.41) is 0. The van der Waals surface area contributed by atoms with Gasteiger partial charge in [-0.15, -0.1) is 0 Å². The van der Waals surface area contributed by atoms with Crippen molar-refractivity contribution in [3.63, 3.8) is 0 Å². The van der Waals surface area contributed by atoms with Crippen LogP contribution in [0.2, 0.25) is 0 Å². The molecule has 0 aromatic carbocycles.